The fraction of sp³-hybridized carbons (Fsp3) is 0. The predicted octanol–water partition coefficient (Wildman–Crippen LogP) is 0.405. The third-order valence-electron chi connectivity index (χ3n) is 2.04. The molecule has 0 aliphatic heterocycles. The van der Waals surface area contributed by atoms with Crippen molar-refractivity contribution in [3.05, 3.63) is 20.8 Å². The van der Waals surface area contributed by atoms with E-state index < -0.39 is 5.56 Å². The lowest BCUT2D eigenvalue weighted by atomic mass is 10.2. The molecular formula is C6HN9O4. The van der Waals surface area contributed by atoms with Gasteiger partial charge in [-0.3, -0.25) is 9.42 Å². The summed E-state index contributed by atoms with van der Waals surface area (Å²) < 4.78 is 13.3. The number of azide groups is 1. The molecule has 94 valence electrons. The Kier molecular flexibility index (Phi) is 2.29. The average molecular weight is 263 g/mol. The molecule has 0 atom stereocenters. The predicted molar refractivity (Wildman–Crippen MR) is 52.5 cm³/mol. The third kappa shape index (κ3) is 1.62. The Morgan fingerprint density at radius 3 is 2.37 bits per heavy atom. The fourth-order valence-corrected chi connectivity index (χ4v) is 1.29. The maximum absolute atomic E-state index is 11.4. The fourth-order valence-electron chi connectivity index (χ4n) is 1.29. The smallest absolute Gasteiger partial charge is 0.267 e. The molecular weight excluding hydrogens is 262 g/mol. The van der Waals surface area contributed by atoms with Crippen molar-refractivity contribution in [1.29, 1.82) is 0 Å². The van der Waals surface area contributed by atoms with Crippen molar-refractivity contribution in [3.63, 3.8) is 0 Å². The molecule has 19 heavy (non-hydrogen) atoms. The van der Waals surface area contributed by atoms with Gasteiger partial charge in [-0.1, -0.05) is 0 Å². The van der Waals surface area contributed by atoms with Gasteiger partial charge in [-0.15, -0.1) is 0 Å². The van der Waals surface area contributed by atoms with E-state index in [1.165, 1.54) is 0 Å². The maximum Gasteiger partial charge on any atom is 0.310 e. The van der Waals surface area contributed by atoms with Crippen LogP contribution in [0.15, 0.2) is 23.8 Å². The molecule has 0 spiro atoms. The Balaban J connectivity index is 2.20. The van der Waals surface area contributed by atoms with E-state index in [0.29, 0.717) is 0 Å². The van der Waals surface area contributed by atoms with Gasteiger partial charge in [-0.25, -0.2) is 9.26 Å². The van der Waals surface area contributed by atoms with Gasteiger partial charge in [-0.05, 0) is 36.4 Å². The van der Waals surface area contributed by atoms with Gasteiger partial charge in [0.1, 0.15) is 0 Å². The van der Waals surface area contributed by atoms with Gasteiger partial charge in [-0.2, -0.15) is 5.16 Å². The molecule has 0 saturated carbocycles. The van der Waals surface area contributed by atoms with Crippen LogP contribution in [0, 0.1) is 0 Å². The number of nitrogens with zero attached hydrogens (tertiary/aromatic N) is 8. The first-order valence-corrected chi connectivity index (χ1v) is 4.56. The Hall–Kier alpha value is -3.47. The summed E-state index contributed by atoms with van der Waals surface area (Å²) in [5.74, 6) is -0.181. The van der Waals surface area contributed by atoms with Crippen molar-refractivity contribution < 1.29 is 13.9 Å². The van der Waals surface area contributed by atoms with Crippen molar-refractivity contribution in [3.8, 4) is 22.8 Å². The van der Waals surface area contributed by atoms with Crippen LogP contribution in [-0.4, -0.2) is 30.9 Å². The molecule has 3 aromatic rings. The minimum absolute atomic E-state index is 0.0250. The van der Waals surface area contributed by atoms with Crippen LogP contribution in [0.25, 0.3) is 33.2 Å². The highest BCUT2D eigenvalue weighted by Gasteiger charge is 2.25. The highest BCUT2D eigenvalue weighted by atomic mass is 16.6. The molecule has 0 aromatic carbocycles. The molecule has 0 saturated heterocycles. The van der Waals surface area contributed by atoms with Crippen molar-refractivity contribution >= 4 is 5.82 Å². The number of rotatable bonds is 3. The van der Waals surface area contributed by atoms with Crippen LogP contribution in [0.1, 0.15) is 0 Å². The Bertz CT molecular complexity index is 818. The maximum atomic E-state index is 11.4. The molecule has 3 heterocycles. The van der Waals surface area contributed by atoms with Gasteiger partial charge in [0.05, 0.1) is 0 Å². The molecule has 3 aromatic heterocycles. The van der Waals surface area contributed by atoms with E-state index in [1.54, 1.807) is 0 Å². The van der Waals surface area contributed by atoms with Gasteiger partial charge in [0.15, 0.2) is 17.1 Å². The normalized spacial score (nSPS) is 10.3. The summed E-state index contributed by atoms with van der Waals surface area (Å²) in [5.41, 5.74) is 7.42. The molecule has 0 fully saturated rings. The average Bonchev–Trinajstić information content (AvgIpc) is 3.08. The summed E-state index contributed by atoms with van der Waals surface area (Å²) in [6.45, 7) is 0. The molecule has 13 heteroatoms. The van der Waals surface area contributed by atoms with Crippen molar-refractivity contribution in [2.75, 3.05) is 0 Å². The topological polar surface area (TPSA) is 185 Å². The minimum atomic E-state index is -0.640. The highest BCUT2D eigenvalue weighted by molar-refractivity contribution is 5.77. The van der Waals surface area contributed by atoms with Crippen LogP contribution in [-0.2, 0) is 0 Å². The van der Waals surface area contributed by atoms with Crippen molar-refractivity contribution in [2.24, 2.45) is 5.11 Å². The molecule has 0 aliphatic carbocycles. The summed E-state index contributed by atoms with van der Waals surface area (Å²) in [7, 11) is 0. The molecule has 0 aliphatic rings. The van der Waals surface area contributed by atoms with Gasteiger partial charge in [0.25, 0.3) is 0 Å². The van der Waals surface area contributed by atoms with Crippen molar-refractivity contribution in [2.45, 2.75) is 0 Å². The zero-order chi connectivity index (χ0) is 13.2. The quantitative estimate of drug-likeness (QED) is 0.396. The summed E-state index contributed by atoms with van der Waals surface area (Å²) in [6.07, 6.45) is 0. The summed E-state index contributed by atoms with van der Waals surface area (Å²) in [5, 5.41) is 22.5. The van der Waals surface area contributed by atoms with Crippen LogP contribution >= 0.6 is 0 Å². The van der Waals surface area contributed by atoms with Crippen LogP contribution in [0.3, 0.4) is 0 Å². The monoisotopic (exact) mass is 263 g/mol. The van der Waals surface area contributed by atoms with Crippen LogP contribution in [0.2, 0.25) is 0 Å². The molecule has 1 N–H and O–H groups in total. The largest absolute Gasteiger partial charge is 0.310 e. The second-order valence-electron chi connectivity index (χ2n) is 3.05. The molecule has 0 unspecified atom stereocenters. The number of H-pyrrole nitrogens is 1. The van der Waals surface area contributed by atoms with E-state index in [9.17, 15) is 4.79 Å². The number of hydrogen-bond acceptors (Lipinski definition) is 10. The minimum Gasteiger partial charge on any atom is -0.267 e. The second kappa shape index (κ2) is 4.08. The van der Waals surface area contributed by atoms with E-state index in [2.05, 4.69) is 49.7 Å². The zero-order valence-electron chi connectivity index (χ0n) is 8.71. The first kappa shape index (κ1) is 10.7. The summed E-state index contributed by atoms with van der Waals surface area (Å²) in [6, 6.07) is 0. The van der Waals surface area contributed by atoms with Gasteiger partial charge >= 0.3 is 5.56 Å². The summed E-state index contributed by atoms with van der Waals surface area (Å²) in [4.78, 5) is 13.9. The summed E-state index contributed by atoms with van der Waals surface area (Å²) >= 11 is 0. The molecule has 0 amide bonds. The van der Waals surface area contributed by atoms with Crippen LogP contribution < -0.4 is 5.56 Å². The van der Waals surface area contributed by atoms with E-state index in [-0.39, 0.29) is 28.6 Å². The molecule has 0 bridgehead atoms. The lowest BCUT2D eigenvalue weighted by Gasteiger charge is -1.88. The number of hydrogen-bond donors (Lipinski definition) is 1. The molecule has 3 rings (SSSR count). The van der Waals surface area contributed by atoms with E-state index in [4.69, 9.17) is 5.53 Å². The zero-order valence-corrected chi connectivity index (χ0v) is 8.71. The highest BCUT2D eigenvalue weighted by Crippen LogP contribution is 2.30. The first-order chi connectivity index (χ1) is 9.31. The SMILES string of the molecule is [N-]=[N+]=Nc1nonc1-c1nonc1-c1no[nH]c1=O. The first-order valence-electron chi connectivity index (χ1n) is 4.56. The second-order valence-corrected chi connectivity index (χ2v) is 3.05. The Morgan fingerprint density at radius 2 is 1.68 bits per heavy atom. The van der Waals surface area contributed by atoms with Crippen LogP contribution in [0.4, 0.5) is 5.82 Å². The standard InChI is InChI=1S/C6HN9O4/c7-15-8-5-3(11-18-13-5)1-2(10-17-9-1)4-6(16)14-19-12-4/h(H,14,16). The lowest BCUT2D eigenvalue weighted by molar-refractivity contribution is 0.301. The number of nitrogens with one attached hydrogen (secondary N) is 1. The number of aromatic nitrogens is 6. The Morgan fingerprint density at radius 1 is 1.00 bits per heavy atom. The van der Waals surface area contributed by atoms with Crippen molar-refractivity contribution in [1.82, 2.24) is 30.9 Å². The molecule has 13 nitrogen and oxygen atoms in total. The Labute approximate surface area is 100 Å². The van der Waals surface area contributed by atoms with Gasteiger partial charge in [0.2, 0.25) is 11.5 Å². The van der Waals surface area contributed by atoms with Gasteiger partial charge < -0.3 is 0 Å². The van der Waals surface area contributed by atoms with Crippen LogP contribution in [0.5, 0.6) is 0 Å². The lowest BCUT2D eigenvalue weighted by Crippen LogP contribution is -2.02. The van der Waals surface area contributed by atoms with E-state index >= 15 is 0 Å². The number of aromatic amines is 1. The molecule has 0 radical (unpaired) electrons. The van der Waals surface area contributed by atoms with E-state index in [1.807, 2.05) is 5.16 Å². The van der Waals surface area contributed by atoms with Gasteiger partial charge in [0, 0.05) is 4.91 Å². The third-order valence-corrected chi connectivity index (χ3v) is 2.04. The van der Waals surface area contributed by atoms with E-state index in [0.717, 1.165) is 0 Å².